The number of hydrogen-bond acceptors (Lipinski definition) is 4. The summed E-state index contributed by atoms with van der Waals surface area (Å²) in [6.45, 7) is 1.71. The van der Waals surface area contributed by atoms with Crippen molar-refractivity contribution < 1.29 is 18.7 Å². The molecule has 3 aromatic rings. The summed E-state index contributed by atoms with van der Waals surface area (Å²) in [5.41, 5.74) is 1.92. The van der Waals surface area contributed by atoms with Crippen LogP contribution in [0.2, 0.25) is 0 Å². The topological polar surface area (TPSA) is 61.9 Å². The molecule has 0 saturated heterocycles. The van der Waals surface area contributed by atoms with Crippen molar-refractivity contribution in [3.63, 3.8) is 0 Å². The molecule has 0 spiro atoms. The SMILES string of the molecule is CN(CCNC(=O)CN1C(=O)C(=Cc2ccccc2F)Oc2ccccc21)Cc1ccccc1. The van der Waals surface area contributed by atoms with Crippen molar-refractivity contribution in [1.29, 1.82) is 0 Å². The second-order valence-corrected chi connectivity index (χ2v) is 8.06. The second kappa shape index (κ2) is 10.8. The average Bonchev–Trinajstić information content (AvgIpc) is 2.83. The van der Waals surface area contributed by atoms with Crippen molar-refractivity contribution in [1.82, 2.24) is 10.2 Å². The first-order chi connectivity index (χ1) is 16.5. The van der Waals surface area contributed by atoms with Crippen molar-refractivity contribution >= 4 is 23.6 Å². The lowest BCUT2D eigenvalue weighted by Gasteiger charge is -2.30. The number of nitrogens with zero attached hydrogens (tertiary/aromatic N) is 2. The summed E-state index contributed by atoms with van der Waals surface area (Å²) in [6, 6.07) is 23.2. The highest BCUT2D eigenvalue weighted by Gasteiger charge is 2.31. The van der Waals surface area contributed by atoms with Crippen LogP contribution in [-0.2, 0) is 16.1 Å². The molecular formula is C27H26FN3O3. The zero-order chi connectivity index (χ0) is 23.9. The molecule has 1 N–H and O–H groups in total. The Balaban J connectivity index is 1.41. The molecule has 6 nitrogen and oxygen atoms in total. The molecule has 0 unspecified atom stereocenters. The van der Waals surface area contributed by atoms with Gasteiger partial charge in [-0.1, -0.05) is 60.7 Å². The van der Waals surface area contributed by atoms with Crippen molar-refractivity contribution in [2.24, 2.45) is 0 Å². The van der Waals surface area contributed by atoms with Gasteiger partial charge in [-0.2, -0.15) is 0 Å². The molecule has 1 heterocycles. The molecular weight excluding hydrogens is 433 g/mol. The van der Waals surface area contributed by atoms with E-state index in [0.717, 1.165) is 6.54 Å². The van der Waals surface area contributed by atoms with Crippen molar-refractivity contribution in [2.45, 2.75) is 6.54 Å². The summed E-state index contributed by atoms with van der Waals surface area (Å²) in [6.07, 6.45) is 1.36. The van der Waals surface area contributed by atoms with E-state index in [1.54, 1.807) is 42.5 Å². The fraction of sp³-hybridized carbons (Fsp3) is 0.185. The molecule has 2 amide bonds. The van der Waals surface area contributed by atoms with E-state index in [2.05, 4.69) is 22.3 Å². The molecule has 1 aliphatic heterocycles. The van der Waals surface area contributed by atoms with Gasteiger partial charge in [0.15, 0.2) is 11.5 Å². The fourth-order valence-corrected chi connectivity index (χ4v) is 3.71. The third-order valence-electron chi connectivity index (χ3n) is 5.44. The number of anilines is 1. The molecule has 0 radical (unpaired) electrons. The highest BCUT2D eigenvalue weighted by molar-refractivity contribution is 6.12. The molecule has 0 fully saturated rings. The molecule has 4 rings (SSSR count). The van der Waals surface area contributed by atoms with Crippen molar-refractivity contribution in [2.75, 3.05) is 31.6 Å². The number of carbonyl (C=O) groups excluding carboxylic acids is 2. The Kier molecular flexibility index (Phi) is 7.34. The average molecular weight is 460 g/mol. The Labute approximate surface area is 198 Å². The number of likely N-dealkylation sites (N-methyl/N-ethyl adjacent to an activating group) is 1. The molecule has 0 aromatic heterocycles. The van der Waals surface area contributed by atoms with Gasteiger partial charge in [0, 0.05) is 25.2 Å². The van der Waals surface area contributed by atoms with Gasteiger partial charge in [-0.3, -0.25) is 14.5 Å². The Morgan fingerprint density at radius 1 is 1.03 bits per heavy atom. The molecule has 3 aromatic carbocycles. The first-order valence-corrected chi connectivity index (χ1v) is 11.1. The van der Waals surface area contributed by atoms with Gasteiger partial charge >= 0.3 is 0 Å². The molecule has 0 saturated carbocycles. The lowest BCUT2D eigenvalue weighted by Crippen LogP contribution is -2.45. The van der Waals surface area contributed by atoms with Crippen LogP contribution in [0.4, 0.5) is 10.1 Å². The molecule has 1 aliphatic rings. The number of nitrogens with one attached hydrogen (secondary N) is 1. The summed E-state index contributed by atoms with van der Waals surface area (Å²) < 4.78 is 19.9. The predicted octanol–water partition coefficient (Wildman–Crippen LogP) is 3.84. The van der Waals surface area contributed by atoms with E-state index in [4.69, 9.17) is 4.74 Å². The van der Waals surface area contributed by atoms with Crippen molar-refractivity contribution in [3.05, 3.63) is 102 Å². The molecule has 0 bridgehead atoms. The van der Waals surface area contributed by atoms with Crippen LogP contribution in [0.3, 0.4) is 0 Å². The van der Waals surface area contributed by atoms with Gasteiger partial charge in [0.2, 0.25) is 5.91 Å². The number of amides is 2. The lowest BCUT2D eigenvalue weighted by molar-refractivity contribution is -0.123. The number of hydrogen-bond donors (Lipinski definition) is 1. The van der Waals surface area contributed by atoms with Crippen LogP contribution in [-0.4, -0.2) is 43.4 Å². The van der Waals surface area contributed by atoms with Gasteiger partial charge in [-0.25, -0.2) is 4.39 Å². The standard InChI is InChI=1S/C27H26FN3O3/c1-30(18-20-9-3-2-4-10-20)16-15-29-26(32)19-31-23-13-7-8-14-24(23)34-25(27(31)33)17-21-11-5-6-12-22(21)28/h2-14,17H,15-16,18-19H2,1H3,(H,29,32). The fourth-order valence-electron chi connectivity index (χ4n) is 3.71. The molecule has 174 valence electrons. The normalized spacial score (nSPS) is 14.1. The van der Waals surface area contributed by atoms with Gasteiger partial charge in [-0.15, -0.1) is 0 Å². The maximum absolute atomic E-state index is 14.1. The maximum Gasteiger partial charge on any atom is 0.294 e. The van der Waals surface area contributed by atoms with Gasteiger partial charge in [-0.05, 0) is 36.9 Å². The zero-order valence-corrected chi connectivity index (χ0v) is 18.9. The minimum absolute atomic E-state index is 0.0424. The van der Waals surface area contributed by atoms with E-state index in [-0.39, 0.29) is 23.8 Å². The molecule has 0 aliphatic carbocycles. The van der Waals surface area contributed by atoms with Gasteiger partial charge < -0.3 is 15.0 Å². The van der Waals surface area contributed by atoms with Crippen LogP contribution in [0.1, 0.15) is 11.1 Å². The highest BCUT2D eigenvalue weighted by atomic mass is 19.1. The number of carbonyl (C=O) groups is 2. The smallest absolute Gasteiger partial charge is 0.294 e. The van der Waals surface area contributed by atoms with Crippen LogP contribution < -0.4 is 15.0 Å². The first kappa shape index (κ1) is 23.2. The largest absolute Gasteiger partial charge is 0.449 e. The number of benzene rings is 3. The maximum atomic E-state index is 14.1. The summed E-state index contributed by atoms with van der Waals surface area (Å²) in [7, 11) is 1.99. The van der Waals surface area contributed by atoms with Gasteiger partial charge in [0.25, 0.3) is 5.91 Å². The monoisotopic (exact) mass is 459 g/mol. The summed E-state index contributed by atoms with van der Waals surface area (Å²) in [5, 5.41) is 2.88. The van der Waals surface area contributed by atoms with Crippen LogP contribution in [0.5, 0.6) is 5.75 Å². The Morgan fingerprint density at radius 3 is 2.53 bits per heavy atom. The summed E-state index contributed by atoms with van der Waals surface area (Å²) >= 11 is 0. The predicted molar refractivity (Wildman–Crippen MR) is 130 cm³/mol. The highest BCUT2D eigenvalue weighted by Crippen LogP contribution is 2.35. The van der Waals surface area contributed by atoms with E-state index in [9.17, 15) is 14.0 Å². The first-order valence-electron chi connectivity index (χ1n) is 11.1. The number of para-hydroxylation sites is 2. The van der Waals surface area contributed by atoms with Crippen LogP contribution in [0, 0.1) is 5.82 Å². The Hall–Kier alpha value is -3.97. The van der Waals surface area contributed by atoms with Crippen LogP contribution in [0.25, 0.3) is 6.08 Å². The quantitative estimate of drug-likeness (QED) is 0.520. The van der Waals surface area contributed by atoms with E-state index in [1.165, 1.54) is 22.6 Å². The van der Waals surface area contributed by atoms with Crippen molar-refractivity contribution in [3.8, 4) is 5.75 Å². The minimum Gasteiger partial charge on any atom is -0.449 e. The van der Waals surface area contributed by atoms with E-state index in [1.807, 2.05) is 25.2 Å². The van der Waals surface area contributed by atoms with E-state index >= 15 is 0 Å². The van der Waals surface area contributed by atoms with Crippen LogP contribution >= 0.6 is 0 Å². The third kappa shape index (κ3) is 5.68. The van der Waals surface area contributed by atoms with Gasteiger partial charge in [0.1, 0.15) is 12.4 Å². The minimum atomic E-state index is -0.502. The van der Waals surface area contributed by atoms with Gasteiger partial charge in [0.05, 0.1) is 5.69 Å². The summed E-state index contributed by atoms with van der Waals surface area (Å²) in [5.74, 6) is -0.866. The number of ether oxygens (including phenoxy) is 1. The Bertz CT molecular complexity index is 1200. The van der Waals surface area contributed by atoms with E-state index in [0.29, 0.717) is 24.5 Å². The molecule has 0 atom stereocenters. The van der Waals surface area contributed by atoms with E-state index < -0.39 is 11.7 Å². The third-order valence-corrected chi connectivity index (χ3v) is 5.44. The second-order valence-electron chi connectivity index (χ2n) is 8.06. The number of fused-ring (bicyclic) bond motifs is 1. The zero-order valence-electron chi connectivity index (χ0n) is 18.9. The molecule has 7 heteroatoms. The van der Waals surface area contributed by atoms with Crippen LogP contribution in [0.15, 0.2) is 84.6 Å². The molecule has 34 heavy (non-hydrogen) atoms. The summed E-state index contributed by atoms with van der Waals surface area (Å²) in [4.78, 5) is 29.3. The number of rotatable bonds is 8. The Morgan fingerprint density at radius 2 is 1.74 bits per heavy atom. The number of halogens is 1. The lowest BCUT2D eigenvalue weighted by atomic mass is 10.1.